The Balaban J connectivity index is 1.91. The van der Waals surface area contributed by atoms with Gasteiger partial charge in [0.05, 0.1) is 12.1 Å². The highest BCUT2D eigenvalue weighted by Crippen LogP contribution is 2.17. The van der Waals surface area contributed by atoms with E-state index < -0.39 is 6.04 Å². The Labute approximate surface area is 235 Å². The van der Waals surface area contributed by atoms with Gasteiger partial charge in [0.1, 0.15) is 6.29 Å². The van der Waals surface area contributed by atoms with Crippen LogP contribution >= 0.6 is 0 Å². The van der Waals surface area contributed by atoms with E-state index in [4.69, 9.17) is 0 Å². The van der Waals surface area contributed by atoms with Gasteiger partial charge in [0.15, 0.2) is 0 Å². The molecule has 39 heavy (non-hydrogen) atoms. The predicted octanol–water partition coefficient (Wildman–Crippen LogP) is 5.41. The van der Waals surface area contributed by atoms with Crippen LogP contribution < -0.4 is 10.6 Å². The second-order valence-corrected chi connectivity index (χ2v) is 11.6. The lowest BCUT2D eigenvalue weighted by atomic mass is 9.99. The molecule has 6 heteroatoms. The molecule has 214 valence electrons. The summed E-state index contributed by atoms with van der Waals surface area (Å²) in [7, 11) is 0. The monoisotopic (exact) mass is 535 g/mol. The van der Waals surface area contributed by atoms with Gasteiger partial charge in [0.25, 0.3) is 0 Å². The number of carbonyl (C=O) groups is 3. The molecule has 6 nitrogen and oxygen atoms in total. The zero-order valence-electron chi connectivity index (χ0n) is 24.6. The minimum atomic E-state index is -0.469. The van der Waals surface area contributed by atoms with Crippen molar-refractivity contribution in [1.29, 1.82) is 0 Å². The highest BCUT2D eigenvalue weighted by atomic mass is 16.2. The van der Waals surface area contributed by atoms with Crippen LogP contribution in [0.5, 0.6) is 0 Å². The minimum absolute atomic E-state index is 0.0285. The number of hydrogen-bond acceptors (Lipinski definition) is 4. The normalized spacial score (nSPS) is 13.6. The third kappa shape index (κ3) is 12.6. The molecule has 0 aliphatic carbocycles. The zero-order valence-corrected chi connectivity index (χ0v) is 24.6. The Morgan fingerprint density at radius 1 is 0.872 bits per heavy atom. The van der Waals surface area contributed by atoms with E-state index in [1.54, 1.807) is 4.90 Å². The van der Waals surface area contributed by atoms with Gasteiger partial charge in [-0.1, -0.05) is 95.3 Å². The van der Waals surface area contributed by atoms with Gasteiger partial charge >= 0.3 is 0 Å². The van der Waals surface area contributed by atoms with Crippen LogP contribution in [-0.2, 0) is 27.3 Å². The van der Waals surface area contributed by atoms with Crippen molar-refractivity contribution in [3.05, 3.63) is 71.8 Å². The summed E-state index contributed by atoms with van der Waals surface area (Å²) in [6, 6.07) is 19.1. The molecule has 0 aliphatic rings. The fraction of sp³-hybridized carbons (Fsp3) is 0.545. The maximum atomic E-state index is 13.2. The third-order valence-corrected chi connectivity index (χ3v) is 6.85. The van der Waals surface area contributed by atoms with Crippen LogP contribution in [0.2, 0.25) is 0 Å². The van der Waals surface area contributed by atoms with Gasteiger partial charge in [0.2, 0.25) is 11.8 Å². The van der Waals surface area contributed by atoms with Crippen LogP contribution in [0.3, 0.4) is 0 Å². The molecule has 0 saturated heterocycles. The summed E-state index contributed by atoms with van der Waals surface area (Å²) in [5, 5.41) is 6.53. The molecule has 2 rings (SSSR count). The van der Waals surface area contributed by atoms with Crippen molar-refractivity contribution in [3.63, 3.8) is 0 Å². The summed E-state index contributed by atoms with van der Waals surface area (Å²) in [6.45, 7) is 12.2. The van der Waals surface area contributed by atoms with E-state index >= 15 is 0 Å². The van der Waals surface area contributed by atoms with Gasteiger partial charge in [0, 0.05) is 19.5 Å². The van der Waals surface area contributed by atoms with Crippen molar-refractivity contribution in [3.8, 4) is 0 Å². The topological polar surface area (TPSA) is 78.5 Å². The minimum Gasteiger partial charge on any atom is -0.351 e. The maximum absolute atomic E-state index is 13.2. The lowest BCUT2D eigenvalue weighted by Gasteiger charge is -2.32. The van der Waals surface area contributed by atoms with Gasteiger partial charge in [-0.05, 0) is 61.1 Å². The quantitative estimate of drug-likeness (QED) is 0.198. The Bertz CT molecular complexity index is 978. The zero-order chi connectivity index (χ0) is 28.6. The highest BCUT2D eigenvalue weighted by Gasteiger charge is 2.26. The van der Waals surface area contributed by atoms with Gasteiger partial charge in [-0.15, -0.1) is 0 Å². The average molecular weight is 536 g/mol. The molecule has 3 atom stereocenters. The molecule has 2 N–H and O–H groups in total. The second kappa shape index (κ2) is 17.6. The van der Waals surface area contributed by atoms with Crippen molar-refractivity contribution in [2.75, 3.05) is 13.1 Å². The SMILES string of the molecule is CC(C)CC(=O)N(CC(C)CCCNC(CC(C)C)C(=O)NCc1ccccc1)[C@H](C=O)Cc1ccccc1. The van der Waals surface area contributed by atoms with Gasteiger partial charge in [-0.2, -0.15) is 0 Å². The summed E-state index contributed by atoms with van der Waals surface area (Å²) < 4.78 is 0. The van der Waals surface area contributed by atoms with Crippen molar-refractivity contribution >= 4 is 18.1 Å². The summed E-state index contributed by atoms with van der Waals surface area (Å²) >= 11 is 0. The summed E-state index contributed by atoms with van der Waals surface area (Å²) in [5.74, 6) is 0.927. The van der Waals surface area contributed by atoms with Crippen LogP contribution in [0.25, 0.3) is 0 Å². The molecule has 0 saturated carbocycles. The first kappa shape index (κ1) is 32.2. The Hall–Kier alpha value is -2.99. The van der Waals surface area contributed by atoms with Crippen LogP contribution in [0.4, 0.5) is 0 Å². The fourth-order valence-corrected chi connectivity index (χ4v) is 4.79. The molecule has 2 aromatic rings. The molecule has 2 unspecified atom stereocenters. The summed E-state index contributed by atoms with van der Waals surface area (Å²) in [6.07, 6.45) is 4.44. The molecule has 0 aromatic heterocycles. The van der Waals surface area contributed by atoms with E-state index in [2.05, 4.69) is 31.4 Å². The van der Waals surface area contributed by atoms with E-state index in [0.29, 0.717) is 31.8 Å². The number of nitrogens with one attached hydrogen (secondary N) is 2. The van der Waals surface area contributed by atoms with E-state index in [0.717, 1.165) is 43.2 Å². The van der Waals surface area contributed by atoms with Gasteiger partial charge in [-0.3, -0.25) is 9.59 Å². The molecular weight excluding hydrogens is 486 g/mol. The van der Waals surface area contributed by atoms with Crippen LogP contribution in [0, 0.1) is 17.8 Å². The summed E-state index contributed by atoms with van der Waals surface area (Å²) in [5.41, 5.74) is 2.14. The number of aldehydes is 1. The predicted molar refractivity (Wildman–Crippen MR) is 159 cm³/mol. The molecule has 0 aliphatic heterocycles. The number of amides is 2. The van der Waals surface area contributed by atoms with Crippen molar-refractivity contribution < 1.29 is 14.4 Å². The number of rotatable bonds is 18. The molecule has 0 bridgehead atoms. The molecule has 0 fully saturated rings. The molecule has 0 heterocycles. The van der Waals surface area contributed by atoms with E-state index in [1.807, 2.05) is 74.5 Å². The lowest BCUT2D eigenvalue weighted by molar-refractivity contribution is -0.137. The highest BCUT2D eigenvalue weighted by molar-refractivity contribution is 5.81. The molecule has 0 radical (unpaired) electrons. The van der Waals surface area contributed by atoms with E-state index in [9.17, 15) is 14.4 Å². The van der Waals surface area contributed by atoms with E-state index in [1.165, 1.54) is 0 Å². The van der Waals surface area contributed by atoms with E-state index in [-0.39, 0.29) is 29.7 Å². The largest absolute Gasteiger partial charge is 0.351 e. The molecular formula is C33H49N3O3. The number of hydrogen-bond donors (Lipinski definition) is 2. The van der Waals surface area contributed by atoms with Crippen LogP contribution in [0.1, 0.15) is 71.4 Å². The van der Waals surface area contributed by atoms with Crippen molar-refractivity contribution in [2.24, 2.45) is 17.8 Å². The van der Waals surface area contributed by atoms with Crippen molar-refractivity contribution in [1.82, 2.24) is 15.5 Å². The Kier molecular flexibility index (Phi) is 14.5. The first-order valence-corrected chi connectivity index (χ1v) is 14.5. The molecule has 2 aromatic carbocycles. The number of carbonyl (C=O) groups excluding carboxylic acids is 3. The van der Waals surface area contributed by atoms with Crippen LogP contribution in [0.15, 0.2) is 60.7 Å². The maximum Gasteiger partial charge on any atom is 0.237 e. The Morgan fingerprint density at radius 3 is 2.05 bits per heavy atom. The average Bonchev–Trinajstić information content (AvgIpc) is 2.91. The number of benzene rings is 2. The lowest BCUT2D eigenvalue weighted by Crippen LogP contribution is -2.46. The van der Waals surface area contributed by atoms with Crippen LogP contribution in [-0.4, -0.2) is 48.2 Å². The van der Waals surface area contributed by atoms with Gasteiger partial charge < -0.3 is 20.3 Å². The Morgan fingerprint density at radius 2 is 1.49 bits per heavy atom. The molecule has 0 spiro atoms. The third-order valence-electron chi connectivity index (χ3n) is 6.85. The van der Waals surface area contributed by atoms with Gasteiger partial charge in [-0.25, -0.2) is 0 Å². The standard InChI is InChI=1S/C33H49N3O3/c1-25(2)19-31(33(39)35-22-29-16-10-7-11-17-29)34-18-12-13-27(5)23-36(32(38)20-26(3)4)30(24-37)21-28-14-8-6-9-15-28/h6-11,14-17,24-27,30-31,34H,12-13,18-23H2,1-5H3,(H,35,39)/t27?,30-,31?/m0/s1. The number of nitrogens with zero attached hydrogens (tertiary/aromatic N) is 1. The molecule has 2 amide bonds. The first-order chi connectivity index (χ1) is 18.7. The smallest absolute Gasteiger partial charge is 0.237 e. The van der Waals surface area contributed by atoms with Crippen molar-refractivity contribution in [2.45, 2.75) is 85.4 Å². The fourth-order valence-electron chi connectivity index (χ4n) is 4.79. The first-order valence-electron chi connectivity index (χ1n) is 14.5. The summed E-state index contributed by atoms with van der Waals surface area (Å²) in [4.78, 5) is 39.9. The second-order valence-electron chi connectivity index (χ2n) is 11.6.